The number of anilines is 1. The molecule has 62 valence electrons. The molecule has 2 N–H and O–H groups in total. The van der Waals surface area contributed by atoms with Gasteiger partial charge in [0.2, 0.25) is 0 Å². The van der Waals surface area contributed by atoms with Crippen LogP contribution in [0.15, 0.2) is 18.5 Å². The highest BCUT2D eigenvalue weighted by molar-refractivity contribution is 9.09. The Labute approximate surface area is 80.3 Å². The van der Waals surface area contributed by atoms with Crippen molar-refractivity contribution in [1.82, 2.24) is 4.98 Å². The van der Waals surface area contributed by atoms with E-state index in [1.54, 1.807) is 12.4 Å². The monoisotopic (exact) mass is 224 g/mol. The first kappa shape index (κ1) is 9.08. The maximum Gasteiger partial charge on any atom is 0.0513 e. The maximum absolute atomic E-state index is 5.52. The molecule has 1 heterocycles. The average Bonchev–Trinajstić information content (AvgIpc) is 2.05. The van der Waals surface area contributed by atoms with Gasteiger partial charge >= 0.3 is 0 Å². The summed E-state index contributed by atoms with van der Waals surface area (Å²) in [6, 6.07) is 1.81. The lowest BCUT2D eigenvalue weighted by molar-refractivity contribution is 1.30. The predicted octanol–water partition coefficient (Wildman–Crippen LogP) is 1.80. The fraction of sp³-hybridized carbons (Fsp3) is 0.222. The molecule has 12 heavy (non-hydrogen) atoms. The van der Waals surface area contributed by atoms with E-state index in [1.165, 1.54) is 0 Å². The molecule has 0 aliphatic rings. The predicted molar refractivity (Wildman–Crippen MR) is 53.9 cm³/mol. The van der Waals surface area contributed by atoms with Crippen LogP contribution in [0.3, 0.4) is 0 Å². The molecular formula is C9H9BrN2. The molecule has 1 aromatic rings. The minimum absolute atomic E-state index is 0.653. The Balaban J connectivity index is 2.71. The smallest absolute Gasteiger partial charge is 0.0513 e. The molecule has 0 bridgehead atoms. The van der Waals surface area contributed by atoms with E-state index in [0.29, 0.717) is 5.69 Å². The zero-order valence-electron chi connectivity index (χ0n) is 6.55. The number of halogens is 1. The van der Waals surface area contributed by atoms with Crippen molar-refractivity contribution in [2.24, 2.45) is 0 Å². The summed E-state index contributed by atoms with van der Waals surface area (Å²) >= 11 is 3.29. The van der Waals surface area contributed by atoms with Gasteiger partial charge in [0.05, 0.1) is 5.69 Å². The van der Waals surface area contributed by atoms with E-state index in [1.807, 2.05) is 6.07 Å². The molecule has 1 rings (SSSR count). The second-order valence-electron chi connectivity index (χ2n) is 2.25. The van der Waals surface area contributed by atoms with Crippen LogP contribution in [0.25, 0.3) is 0 Å². The van der Waals surface area contributed by atoms with Gasteiger partial charge in [0, 0.05) is 29.7 Å². The molecule has 0 aliphatic heterocycles. The fourth-order valence-corrected chi connectivity index (χ4v) is 0.936. The first-order valence-corrected chi connectivity index (χ1v) is 4.70. The minimum atomic E-state index is 0.653. The molecule has 0 spiro atoms. The normalized spacial score (nSPS) is 8.75. The molecular weight excluding hydrogens is 216 g/mol. The van der Waals surface area contributed by atoms with Crippen molar-refractivity contribution in [2.45, 2.75) is 6.42 Å². The van der Waals surface area contributed by atoms with Gasteiger partial charge in [-0.15, -0.1) is 0 Å². The highest BCUT2D eigenvalue weighted by Crippen LogP contribution is 2.01. The molecule has 0 saturated heterocycles. The van der Waals surface area contributed by atoms with Crippen molar-refractivity contribution in [3.8, 4) is 11.8 Å². The largest absolute Gasteiger partial charge is 0.397 e. The van der Waals surface area contributed by atoms with E-state index >= 15 is 0 Å². The van der Waals surface area contributed by atoms with Crippen LogP contribution in [0, 0.1) is 11.8 Å². The number of hydrogen-bond acceptors (Lipinski definition) is 2. The highest BCUT2D eigenvalue weighted by Gasteiger charge is 1.87. The number of pyridine rings is 1. The number of alkyl halides is 1. The summed E-state index contributed by atoms with van der Waals surface area (Å²) in [6.45, 7) is 0. The first-order chi connectivity index (χ1) is 5.83. The molecule has 0 aromatic carbocycles. The van der Waals surface area contributed by atoms with Gasteiger partial charge in [0.1, 0.15) is 0 Å². The van der Waals surface area contributed by atoms with Crippen LogP contribution >= 0.6 is 15.9 Å². The van der Waals surface area contributed by atoms with E-state index < -0.39 is 0 Å². The molecule has 0 saturated carbocycles. The van der Waals surface area contributed by atoms with Gasteiger partial charge in [-0.25, -0.2) is 0 Å². The third-order valence-electron chi connectivity index (χ3n) is 1.21. The summed E-state index contributed by atoms with van der Waals surface area (Å²) in [5.74, 6) is 5.95. The SMILES string of the molecule is Nc1cncc(C#CCCBr)c1. The second kappa shape index (κ2) is 4.78. The van der Waals surface area contributed by atoms with Crippen molar-refractivity contribution in [2.75, 3.05) is 11.1 Å². The molecule has 3 heteroatoms. The van der Waals surface area contributed by atoms with E-state index in [9.17, 15) is 0 Å². The first-order valence-electron chi connectivity index (χ1n) is 3.58. The minimum Gasteiger partial charge on any atom is -0.397 e. The van der Waals surface area contributed by atoms with Crippen LogP contribution in [-0.2, 0) is 0 Å². The molecule has 0 unspecified atom stereocenters. The summed E-state index contributed by atoms with van der Waals surface area (Å²) in [6.07, 6.45) is 4.15. The number of rotatable bonds is 1. The Kier molecular flexibility index (Phi) is 3.62. The van der Waals surface area contributed by atoms with Crippen LogP contribution in [0.1, 0.15) is 12.0 Å². The zero-order valence-corrected chi connectivity index (χ0v) is 8.13. The van der Waals surface area contributed by atoms with E-state index in [-0.39, 0.29) is 0 Å². The van der Waals surface area contributed by atoms with E-state index in [0.717, 1.165) is 17.3 Å². The van der Waals surface area contributed by atoms with Crippen LogP contribution < -0.4 is 5.73 Å². The molecule has 0 atom stereocenters. The summed E-state index contributed by atoms with van der Waals surface area (Å²) in [5.41, 5.74) is 7.05. The number of nitrogen functional groups attached to an aromatic ring is 1. The van der Waals surface area contributed by atoms with Crippen LogP contribution in [-0.4, -0.2) is 10.3 Å². The molecule has 0 radical (unpaired) electrons. The standard InChI is InChI=1S/C9H9BrN2/c10-4-2-1-3-8-5-9(11)7-12-6-8/h5-7H,2,4,11H2. The van der Waals surface area contributed by atoms with E-state index in [2.05, 4.69) is 32.8 Å². The van der Waals surface area contributed by atoms with Gasteiger partial charge < -0.3 is 5.73 Å². The van der Waals surface area contributed by atoms with Gasteiger partial charge in [-0.2, -0.15) is 0 Å². The van der Waals surface area contributed by atoms with Crippen LogP contribution in [0.2, 0.25) is 0 Å². The van der Waals surface area contributed by atoms with Crippen molar-refractivity contribution < 1.29 is 0 Å². The summed E-state index contributed by atoms with van der Waals surface area (Å²) in [4.78, 5) is 3.92. The Morgan fingerprint density at radius 3 is 3.00 bits per heavy atom. The van der Waals surface area contributed by atoms with Gasteiger partial charge in [0.15, 0.2) is 0 Å². The second-order valence-corrected chi connectivity index (χ2v) is 3.04. The Bertz CT molecular complexity index is 312. The van der Waals surface area contributed by atoms with Crippen LogP contribution in [0.4, 0.5) is 5.69 Å². The summed E-state index contributed by atoms with van der Waals surface area (Å²) in [7, 11) is 0. The maximum atomic E-state index is 5.52. The van der Waals surface area contributed by atoms with Crippen molar-refractivity contribution >= 4 is 21.6 Å². The Morgan fingerprint density at radius 1 is 1.50 bits per heavy atom. The quantitative estimate of drug-likeness (QED) is 0.584. The van der Waals surface area contributed by atoms with Gasteiger partial charge in [-0.3, -0.25) is 4.98 Å². The number of hydrogen-bond donors (Lipinski definition) is 1. The van der Waals surface area contributed by atoms with Gasteiger partial charge in [-0.1, -0.05) is 27.8 Å². The number of nitrogens with zero attached hydrogens (tertiary/aromatic N) is 1. The topological polar surface area (TPSA) is 38.9 Å². The summed E-state index contributed by atoms with van der Waals surface area (Å²) in [5, 5.41) is 0.899. The Hall–Kier alpha value is -1.01. The fourth-order valence-electron chi connectivity index (χ4n) is 0.738. The molecule has 1 aromatic heterocycles. The van der Waals surface area contributed by atoms with Gasteiger partial charge in [-0.05, 0) is 6.07 Å². The van der Waals surface area contributed by atoms with Crippen molar-refractivity contribution in [1.29, 1.82) is 0 Å². The van der Waals surface area contributed by atoms with Crippen LogP contribution in [0.5, 0.6) is 0 Å². The highest BCUT2D eigenvalue weighted by atomic mass is 79.9. The van der Waals surface area contributed by atoms with Crippen molar-refractivity contribution in [3.63, 3.8) is 0 Å². The molecule has 0 aliphatic carbocycles. The Morgan fingerprint density at radius 2 is 2.33 bits per heavy atom. The molecule has 0 fully saturated rings. The van der Waals surface area contributed by atoms with E-state index in [4.69, 9.17) is 5.73 Å². The lowest BCUT2D eigenvalue weighted by Crippen LogP contribution is -1.86. The third kappa shape index (κ3) is 2.93. The average molecular weight is 225 g/mol. The van der Waals surface area contributed by atoms with Crippen molar-refractivity contribution in [3.05, 3.63) is 24.0 Å². The molecule has 2 nitrogen and oxygen atoms in total. The number of aromatic nitrogens is 1. The zero-order chi connectivity index (χ0) is 8.81. The summed E-state index contributed by atoms with van der Waals surface area (Å²) < 4.78 is 0. The lowest BCUT2D eigenvalue weighted by atomic mass is 10.2. The molecule has 0 amide bonds. The lowest BCUT2D eigenvalue weighted by Gasteiger charge is -1.91. The van der Waals surface area contributed by atoms with Gasteiger partial charge in [0.25, 0.3) is 0 Å². The third-order valence-corrected chi connectivity index (χ3v) is 1.61. The number of nitrogens with two attached hydrogens (primary N) is 1.